The Morgan fingerprint density at radius 3 is 2.07 bits per heavy atom. The first kappa shape index (κ1) is 51.5. The molecule has 1 amide bonds. The highest BCUT2D eigenvalue weighted by Crippen LogP contribution is 2.52. The first-order valence-corrected chi connectivity index (χ1v) is 28.1. The van der Waals surface area contributed by atoms with Crippen LogP contribution >= 0.6 is 8.30 Å². The summed E-state index contributed by atoms with van der Waals surface area (Å²) in [7, 11) is -2.23. The molecular weight excluding hydrogens is 902 g/mol. The first-order valence-electron chi connectivity index (χ1n) is 23.8. The minimum absolute atomic E-state index is 0.0852. The minimum atomic E-state index is -2.60. The fraction of sp³-hybridized carbons (Fsp3) is 0.426. The number of benzene rings is 4. The van der Waals surface area contributed by atoms with Crippen molar-refractivity contribution in [2.75, 3.05) is 31.7 Å². The average molecular weight is 970 g/mol. The predicted molar refractivity (Wildman–Crippen MR) is 277 cm³/mol. The van der Waals surface area contributed by atoms with Crippen LogP contribution in [0.2, 0.25) is 18.1 Å². The highest BCUT2D eigenvalue weighted by molar-refractivity contribution is 7.50. The highest BCUT2D eigenvalue weighted by atomic mass is 31.2. The quantitative estimate of drug-likeness (QED) is 0.0260. The number of nitrogens with zero attached hydrogens (tertiary/aromatic N) is 6. The molecule has 364 valence electrons. The fourth-order valence-corrected chi connectivity index (χ4v) is 12.4. The molecule has 0 radical (unpaired) electrons. The van der Waals surface area contributed by atoms with Crippen LogP contribution < -0.4 is 10.1 Å². The van der Waals surface area contributed by atoms with Gasteiger partial charge in [0.15, 0.2) is 31.5 Å². The van der Waals surface area contributed by atoms with Gasteiger partial charge in [-0.1, -0.05) is 111 Å². The Hall–Kier alpha value is -5.36. The Morgan fingerprint density at radius 1 is 0.870 bits per heavy atom. The molecule has 2 aromatic heterocycles. The maximum absolute atomic E-state index is 13.5. The Kier molecular flexibility index (Phi) is 16.5. The molecule has 1 saturated heterocycles. The van der Waals surface area contributed by atoms with Gasteiger partial charge in [-0.05, 0) is 93.7 Å². The second kappa shape index (κ2) is 22.2. The monoisotopic (exact) mass is 969 g/mol. The summed E-state index contributed by atoms with van der Waals surface area (Å²) in [5.41, 5.74) is 4.18. The molecule has 3 heterocycles. The van der Waals surface area contributed by atoms with Gasteiger partial charge in [0.25, 0.3) is 5.91 Å². The molecule has 69 heavy (non-hydrogen) atoms. The molecule has 6 aromatic rings. The number of carbonyl (C=O) groups excluding carboxylic acids is 1. The van der Waals surface area contributed by atoms with E-state index in [1.165, 1.54) is 6.33 Å². The fourth-order valence-electron chi connectivity index (χ4n) is 8.74. The van der Waals surface area contributed by atoms with E-state index in [0.717, 1.165) is 28.0 Å². The molecule has 6 atom stereocenters. The van der Waals surface area contributed by atoms with Crippen molar-refractivity contribution < 1.29 is 28.0 Å². The zero-order valence-corrected chi connectivity index (χ0v) is 43.8. The zero-order valence-electron chi connectivity index (χ0n) is 41.9. The molecule has 4 aromatic carbocycles. The molecule has 1 N–H and O–H groups in total. The van der Waals surface area contributed by atoms with Gasteiger partial charge in [-0.2, -0.15) is 0 Å². The molecule has 1 fully saturated rings. The van der Waals surface area contributed by atoms with E-state index < -0.39 is 46.8 Å². The van der Waals surface area contributed by atoms with Gasteiger partial charge in [0, 0.05) is 30.2 Å². The van der Waals surface area contributed by atoms with Gasteiger partial charge in [-0.15, -0.1) is 0 Å². The molecule has 0 aliphatic carbocycles. The second-order valence-electron chi connectivity index (χ2n) is 19.7. The Labute approximate surface area is 410 Å². The molecular formula is C54H68N7O6PSi. The number of fused-ring (bicyclic) bond motifs is 1. The summed E-state index contributed by atoms with van der Waals surface area (Å²) < 4.78 is 40.3. The van der Waals surface area contributed by atoms with Crippen molar-refractivity contribution >= 4 is 39.5 Å². The Balaban J connectivity index is 1.40. The number of methoxy groups -OCH3 is 1. The van der Waals surface area contributed by atoms with Crippen molar-refractivity contribution in [3.8, 4) is 5.75 Å². The van der Waals surface area contributed by atoms with Crippen LogP contribution in [0.5, 0.6) is 5.75 Å². The lowest BCUT2D eigenvalue weighted by atomic mass is 9.79. The number of hydrogen-bond acceptors (Lipinski definition) is 10. The van der Waals surface area contributed by atoms with Gasteiger partial charge in [-0.3, -0.25) is 14.0 Å². The van der Waals surface area contributed by atoms with Crippen LogP contribution in [-0.2, 0) is 24.0 Å². The summed E-state index contributed by atoms with van der Waals surface area (Å²) in [5, 5.41) is 2.78. The molecule has 3 unspecified atom stereocenters. The minimum Gasteiger partial charge on any atom is -0.497 e. The van der Waals surface area contributed by atoms with Crippen LogP contribution in [0, 0.1) is 13.5 Å². The van der Waals surface area contributed by atoms with Crippen LogP contribution in [0.4, 0.5) is 5.82 Å². The number of aromatic nitrogens is 4. The maximum Gasteiger partial charge on any atom is 0.256 e. The summed E-state index contributed by atoms with van der Waals surface area (Å²) in [4.78, 5) is 31.3. The number of hydrogen-bond donors (Lipinski definition) is 1. The van der Waals surface area contributed by atoms with Crippen LogP contribution in [-0.4, -0.2) is 95.2 Å². The normalized spacial score (nSPS) is 18.9. The number of ether oxygens (including phenoxy) is 3. The Morgan fingerprint density at radius 2 is 1.48 bits per heavy atom. The molecule has 0 bridgehead atoms. The van der Waals surface area contributed by atoms with Gasteiger partial charge in [0.2, 0.25) is 6.54 Å². The molecule has 1 aliphatic heterocycles. The van der Waals surface area contributed by atoms with E-state index in [-0.39, 0.29) is 35.5 Å². The predicted octanol–water partition coefficient (Wildman–Crippen LogP) is 11.8. The van der Waals surface area contributed by atoms with Crippen LogP contribution in [0.25, 0.3) is 16.0 Å². The van der Waals surface area contributed by atoms with E-state index in [1.807, 2.05) is 53.1 Å². The van der Waals surface area contributed by atoms with Crippen molar-refractivity contribution in [1.82, 2.24) is 24.2 Å². The summed E-state index contributed by atoms with van der Waals surface area (Å²) in [5.74, 6) is 0.695. The molecule has 1 aliphatic rings. The van der Waals surface area contributed by atoms with E-state index >= 15 is 0 Å². The third kappa shape index (κ3) is 11.3. The van der Waals surface area contributed by atoms with Crippen molar-refractivity contribution in [1.29, 1.82) is 0 Å². The van der Waals surface area contributed by atoms with E-state index in [4.69, 9.17) is 39.7 Å². The van der Waals surface area contributed by atoms with E-state index in [9.17, 15) is 4.79 Å². The van der Waals surface area contributed by atoms with Crippen molar-refractivity contribution in [3.05, 3.63) is 161 Å². The van der Waals surface area contributed by atoms with Gasteiger partial charge in [0.1, 0.15) is 44.3 Å². The number of anilines is 1. The number of nitrogens with one attached hydrogen (secondary N) is 1. The Bertz CT molecular complexity index is 2650. The maximum atomic E-state index is 13.5. The SMILES string of the molecule is [C-]#[N+]CCCP(OC1[C@@H](COC(c2ccccc2)(c2ccc(C)cc2)c2ccc(OC)cc2)O[C@@H](n2cnc3c(NC(=O)c4ccccc4)ncnc32)[C@H]1O[Si](C)(C)C(C)(C)C)N(C(C)C)C(C)C. The first-order chi connectivity index (χ1) is 33.0. The topological polar surface area (TPSA) is 126 Å². The van der Waals surface area contributed by atoms with E-state index in [0.29, 0.717) is 35.9 Å². The summed E-state index contributed by atoms with van der Waals surface area (Å²) in [6, 6.07) is 36.1. The summed E-state index contributed by atoms with van der Waals surface area (Å²) in [6.45, 7) is 30.2. The number of rotatable bonds is 20. The van der Waals surface area contributed by atoms with Crippen molar-refractivity contribution in [2.45, 2.75) is 122 Å². The lowest BCUT2D eigenvalue weighted by Crippen LogP contribution is -2.50. The lowest BCUT2D eigenvalue weighted by Gasteiger charge is -2.43. The van der Waals surface area contributed by atoms with Gasteiger partial charge in [-0.25, -0.2) is 21.5 Å². The lowest BCUT2D eigenvalue weighted by molar-refractivity contribution is -0.0918. The second-order valence-corrected chi connectivity index (χ2v) is 26.3. The largest absolute Gasteiger partial charge is 0.497 e. The van der Waals surface area contributed by atoms with Crippen LogP contribution in [0.1, 0.15) is 93.7 Å². The molecule has 0 saturated carbocycles. The number of carbonyl (C=O) groups is 1. The van der Waals surface area contributed by atoms with Gasteiger partial charge in [0.05, 0.1) is 20.0 Å². The number of imidazole rings is 1. The third-order valence-electron chi connectivity index (χ3n) is 13.2. The standard InChI is InChI=1S/C54H68N7O6PSi/c1-37(2)61(38(3)4)68(33-19-32-55-9)66-47-45(34-64-54(41-22-17-14-18-23-41,42-26-24-39(5)25-27-42)43-28-30-44(63-10)31-29-43)65-52(48(47)67-69(11,12)53(6,7)8)60-36-58-46-49(56-35-57-50(46)60)59-51(62)40-20-15-13-16-21-40/h13-18,20-31,35-38,45,47-48,52H,19,32-34H2,1-8,10-12H3,(H,56,57,59,62)/t45-,47?,48+,52-,54?,68?/m1/s1. The number of aryl methyl sites for hydroxylation is 1. The molecule has 0 spiro atoms. The molecule has 13 nitrogen and oxygen atoms in total. The molecule has 15 heteroatoms. The highest BCUT2D eigenvalue weighted by Gasteiger charge is 2.54. The summed E-state index contributed by atoms with van der Waals surface area (Å²) in [6.07, 6.45) is 1.65. The van der Waals surface area contributed by atoms with Crippen LogP contribution in [0.3, 0.4) is 0 Å². The average Bonchev–Trinajstić information content (AvgIpc) is 3.91. The van der Waals surface area contributed by atoms with E-state index in [2.05, 4.69) is 137 Å². The summed E-state index contributed by atoms with van der Waals surface area (Å²) >= 11 is 0. The van der Waals surface area contributed by atoms with Gasteiger partial charge >= 0.3 is 0 Å². The molecule has 7 rings (SSSR count). The van der Waals surface area contributed by atoms with Gasteiger partial charge < -0.3 is 33.3 Å². The van der Waals surface area contributed by atoms with E-state index in [1.54, 1.807) is 25.6 Å². The zero-order chi connectivity index (χ0) is 49.5. The number of amides is 1. The third-order valence-corrected chi connectivity index (χ3v) is 20.3. The van der Waals surface area contributed by atoms with Crippen molar-refractivity contribution in [3.63, 3.8) is 0 Å². The smallest absolute Gasteiger partial charge is 0.256 e. The van der Waals surface area contributed by atoms with Crippen molar-refractivity contribution in [2.24, 2.45) is 0 Å². The van der Waals surface area contributed by atoms with Crippen LogP contribution in [0.15, 0.2) is 122 Å².